The minimum atomic E-state index is -0.608. The molecule has 2 heterocycles. The molecule has 0 spiro atoms. The summed E-state index contributed by atoms with van der Waals surface area (Å²) in [5.74, 6) is -0.470. The first-order valence-corrected chi connectivity index (χ1v) is 7.94. The Hall–Kier alpha value is -2.86. The molecule has 0 radical (unpaired) electrons. The number of hydrogen-bond donors (Lipinski definition) is 2. The maximum atomic E-state index is 12.2. The van der Waals surface area contributed by atoms with Crippen molar-refractivity contribution < 1.29 is 14.3 Å². The van der Waals surface area contributed by atoms with Gasteiger partial charge in [0.05, 0.1) is 17.0 Å². The third-order valence-electron chi connectivity index (χ3n) is 3.90. The van der Waals surface area contributed by atoms with Crippen LogP contribution in [0.25, 0.3) is 11.0 Å². The standard InChI is InChI=1S/C18H15ClN2O4/c1-10-12-5-14(19)15(22)7-16(12)25-18(24)13(10)6-17(23)21-9-11-3-2-4-20-8-11/h2-5,7-8,22H,6,9H2,1H3,(H,21,23). The number of aryl methyl sites for hydroxylation is 1. The van der Waals surface area contributed by atoms with Crippen molar-refractivity contribution in [1.82, 2.24) is 10.3 Å². The zero-order valence-electron chi connectivity index (χ0n) is 13.4. The van der Waals surface area contributed by atoms with Crippen LogP contribution in [0.4, 0.5) is 0 Å². The molecule has 0 saturated carbocycles. The number of nitrogens with one attached hydrogen (secondary N) is 1. The largest absolute Gasteiger partial charge is 0.506 e. The van der Waals surface area contributed by atoms with Crippen LogP contribution in [0, 0.1) is 6.92 Å². The quantitative estimate of drug-likeness (QED) is 0.699. The van der Waals surface area contributed by atoms with Crippen molar-refractivity contribution in [2.75, 3.05) is 0 Å². The molecule has 2 N–H and O–H groups in total. The van der Waals surface area contributed by atoms with E-state index in [1.165, 1.54) is 12.1 Å². The van der Waals surface area contributed by atoms with Gasteiger partial charge < -0.3 is 14.8 Å². The van der Waals surface area contributed by atoms with Crippen LogP contribution in [0.2, 0.25) is 5.02 Å². The molecule has 2 aromatic heterocycles. The third kappa shape index (κ3) is 3.64. The summed E-state index contributed by atoms with van der Waals surface area (Å²) >= 11 is 5.92. The van der Waals surface area contributed by atoms with Gasteiger partial charge in [-0.3, -0.25) is 9.78 Å². The molecule has 3 aromatic rings. The first kappa shape index (κ1) is 17.0. The maximum absolute atomic E-state index is 12.2. The number of phenolic OH excluding ortho intramolecular Hbond substituents is 1. The van der Waals surface area contributed by atoms with Crippen LogP contribution in [0.3, 0.4) is 0 Å². The van der Waals surface area contributed by atoms with Crippen molar-refractivity contribution in [3.8, 4) is 5.75 Å². The summed E-state index contributed by atoms with van der Waals surface area (Å²) in [5, 5.41) is 13.1. The zero-order valence-corrected chi connectivity index (χ0v) is 14.1. The minimum absolute atomic E-state index is 0.108. The summed E-state index contributed by atoms with van der Waals surface area (Å²) in [6.45, 7) is 2.04. The molecule has 0 bridgehead atoms. The molecule has 1 amide bonds. The number of benzene rings is 1. The first-order chi connectivity index (χ1) is 12.0. The monoisotopic (exact) mass is 358 g/mol. The number of aromatic nitrogens is 1. The summed E-state index contributed by atoms with van der Waals surface area (Å²) in [6.07, 6.45) is 3.20. The van der Waals surface area contributed by atoms with E-state index in [-0.39, 0.29) is 34.2 Å². The summed E-state index contributed by atoms with van der Waals surface area (Å²) in [5.41, 5.74) is 1.34. The van der Waals surface area contributed by atoms with Gasteiger partial charge in [0.15, 0.2) is 0 Å². The van der Waals surface area contributed by atoms with Gasteiger partial charge in [0.25, 0.3) is 0 Å². The molecule has 0 aliphatic carbocycles. The van der Waals surface area contributed by atoms with E-state index in [1.807, 2.05) is 6.07 Å². The van der Waals surface area contributed by atoms with Crippen molar-refractivity contribution in [3.05, 3.63) is 68.8 Å². The van der Waals surface area contributed by atoms with Gasteiger partial charge in [-0.15, -0.1) is 0 Å². The molecule has 128 valence electrons. The minimum Gasteiger partial charge on any atom is -0.506 e. The lowest BCUT2D eigenvalue weighted by Crippen LogP contribution is -2.27. The molecule has 6 nitrogen and oxygen atoms in total. The van der Waals surface area contributed by atoms with Crippen molar-refractivity contribution >= 4 is 28.5 Å². The molecular formula is C18H15ClN2O4. The van der Waals surface area contributed by atoms with Gasteiger partial charge >= 0.3 is 5.63 Å². The number of nitrogens with zero attached hydrogens (tertiary/aromatic N) is 1. The highest BCUT2D eigenvalue weighted by molar-refractivity contribution is 6.32. The Balaban J connectivity index is 1.84. The van der Waals surface area contributed by atoms with Crippen LogP contribution in [0.1, 0.15) is 16.7 Å². The van der Waals surface area contributed by atoms with Crippen molar-refractivity contribution in [1.29, 1.82) is 0 Å². The lowest BCUT2D eigenvalue weighted by Gasteiger charge is -2.09. The smallest absolute Gasteiger partial charge is 0.340 e. The molecule has 0 unspecified atom stereocenters. The van der Waals surface area contributed by atoms with E-state index in [1.54, 1.807) is 25.4 Å². The number of fused-ring (bicyclic) bond motifs is 1. The normalized spacial score (nSPS) is 10.8. The molecular weight excluding hydrogens is 344 g/mol. The highest BCUT2D eigenvalue weighted by Crippen LogP contribution is 2.30. The summed E-state index contributed by atoms with van der Waals surface area (Å²) in [4.78, 5) is 28.3. The second-order valence-electron chi connectivity index (χ2n) is 5.61. The third-order valence-corrected chi connectivity index (χ3v) is 4.21. The van der Waals surface area contributed by atoms with Gasteiger partial charge in [0.1, 0.15) is 11.3 Å². The van der Waals surface area contributed by atoms with Crippen LogP contribution >= 0.6 is 11.6 Å². The maximum Gasteiger partial charge on any atom is 0.340 e. The Morgan fingerprint density at radius 3 is 2.92 bits per heavy atom. The van der Waals surface area contributed by atoms with E-state index in [0.29, 0.717) is 17.5 Å². The van der Waals surface area contributed by atoms with Gasteiger partial charge in [0.2, 0.25) is 5.91 Å². The predicted octanol–water partition coefficient (Wildman–Crippen LogP) is 2.71. The van der Waals surface area contributed by atoms with Crippen LogP contribution < -0.4 is 10.9 Å². The van der Waals surface area contributed by atoms with E-state index < -0.39 is 5.63 Å². The average molecular weight is 359 g/mol. The predicted molar refractivity (Wildman–Crippen MR) is 93.7 cm³/mol. The molecule has 1 aromatic carbocycles. The Morgan fingerprint density at radius 1 is 1.40 bits per heavy atom. The van der Waals surface area contributed by atoms with Crippen LogP contribution in [0.5, 0.6) is 5.75 Å². The second kappa shape index (κ2) is 6.94. The number of hydrogen-bond acceptors (Lipinski definition) is 5. The number of phenols is 1. The molecule has 0 aliphatic rings. The van der Waals surface area contributed by atoms with Gasteiger partial charge in [0, 0.05) is 30.4 Å². The Labute approximate surface area is 148 Å². The van der Waals surface area contributed by atoms with Gasteiger partial charge in [-0.2, -0.15) is 0 Å². The molecule has 0 saturated heterocycles. The van der Waals surface area contributed by atoms with Crippen molar-refractivity contribution in [2.45, 2.75) is 19.9 Å². The zero-order chi connectivity index (χ0) is 18.0. The fourth-order valence-electron chi connectivity index (χ4n) is 2.53. The number of pyridine rings is 1. The second-order valence-corrected chi connectivity index (χ2v) is 6.01. The van der Waals surface area contributed by atoms with Crippen molar-refractivity contribution in [3.63, 3.8) is 0 Å². The summed E-state index contributed by atoms with van der Waals surface area (Å²) in [6, 6.07) is 6.43. The average Bonchev–Trinajstić information content (AvgIpc) is 2.60. The van der Waals surface area contributed by atoms with Gasteiger partial charge in [-0.1, -0.05) is 17.7 Å². The molecule has 0 aliphatic heterocycles. The van der Waals surface area contributed by atoms with E-state index in [2.05, 4.69) is 10.3 Å². The number of amides is 1. The van der Waals surface area contributed by atoms with E-state index in [4.69, 9.17) is 16.0 Å². The number of halogens is 1. The Bertz CT molecular complexity index is 999. The fraction of sp³-hybridized carbons (Fsp3) is 0.167. The number of aromatic hydroxyl groups is 1. The van der Waals surface area contributed by atoms with Gasteiger partial charge in [-0.05, 0) is 30.2 Å². The summed E-state index contributed by atoms with van der Waals surface area (Å²) < 4.78 is 5.21. The molecule has 25 heavy (non-hydrogen) atoms. The van der Waals surface area contributed by atoms with Crippen LogP contribution in [-0.2, 0) is 17.8 Å². The molecule has 3 rings (SSSR count). The SMILES string of the molecule is Cc1c(CC(=O)NCc2cccnc2)c(=O)oc2cc(O)c(Cl)cc12. The Kier molecular flexibility index (Phi) is 4.72. The molecule has 0 fully saturated rings. The summed E-state index contributed by atoms with van der Waals surface area (Å²) in [7, 11) is 0. The van der Waals surface area contributed by atoms with E-state index in [9.17, 15) is 14.7 Å². The highest BCUT2D eigenvalue weighted by Gasteiger charge is 2.16. The van der Waals surface area contributed by atoms with Gasteiger partial charge in [-0.25, -0.2) is 4.79 Å². The lowest BCUT2D eigenvalue weighted by molar-refractivity contribution is -0.120. The first-order valence-electron chi connectivity index (χ1n) is 7.56. The Morgan fingerprint density at radius 2 is 2.20 bits per heavy atom. The van der Waals surface area contributed by atoms with Crippen molar-refractivity contribution in [2.24, 2.45) is 0 Å². The topological polar surface area (TPSA) is 92.4 Å². The lowest BCUT2D eigenvalue weighted by atomic mass is 10.0. The number of carbonyl (C=O) groups excluding carboxylic acids is 1. The van der Waals surface area contributed by atoms with Crippen LogP contribution in [0.15, 0.2) is 45.9 Å². The number of carbonyl (C=O) groups is 1. The van der Waals surface area contributed by atoms with E-state index >= 15 is 0 Å². The fourth-order valence-corrected chi connectivity index (χ4v) is 2.69. The van der Waals surface area contributed by atoms with Crippen LogP contribution in [-0.4, -0.2) is 16.0 Å². The molecule has 7 heteroatoms. The molecule has 0 atom stereocenters. The van der Waals surface area contributed by atoms with E-state index in [0.717, 1.165) is 5.56 Å². The highest BCUT2D eigenvalue weighted by atomic mass is 35.5. The number of rotatable bonds is 4.